The molecule has 1 aliphatic heterocycles. The molecule has 26 heavy (non-hydrogen) atoms. The van der Waals surface area contributed by atoms with Gasteiger partial charge in [0.05, 0.1) is 24.8 Å². The summed E-state index contributed by atoms with van der Waals surface area (Å²) in [5.41, 5.74) is 2.94. The molecule has 1 fully saturated rings. The first-order chi connectivity index (χ1) is 12.7. The van der Waals surface area contributed by atoms with Gasteiger partial charge in [0, 0.05) is 18.5 Å². The van der Waals surface area contributed by atoms with Crippen molar-refractivity contribution in [3.05, 3.63) is 69.6 Å². The highest BCUT2D eigenvalue weighted by molar-refractivity contribution is 7.17. The maximum absolute atomic E-state index is 13.9. The smallest absolute Gasteiger partial charge is 0.224 e. The third kappa shape index (κ3) is 3.07. The van der Waals surface area contributed by atoms with E-state index in [4.69, 9.17) is 11.3 Å². The van der Waals surface area contributed by atoms with Crippen molar-refractivity contribution < 1.29 is 9.13 Å². The number of morpholine rings is 1. The maximum Gasteiger partial charge on any atom is 0.224 e. The Balaban J connectivity index is 1.70. The number of hydrogen-bond acceptors (Lipinski definition) is 3. The zero-order valence-electron chi connectivity index (χ0n) is 14.6. The predicted molar refractivity (Wildman–Crippen MR) is 105 cm³/mol. The zero-order valence-corrected chi connectivity index (χ0v) is 15.4. The third-order valence-corrected chi connectivity index (χ3v) is 6.04. The maximum atomic E-state index is 13.9. The highest BCUT2D eigenvalue weighted by atomic mass is 32.1. The average Bonchev–Trinajstić information content (AvgIpc) is 2.98. The van der Waals surface area contributed by atoms with Crippen LogP contribution in [-0.4, -0.2) is 26.3 Å². The lowest BCUT2D eigenvalue weighted by Crippen LogP contribution is -2.35. The lowest BCUT2D eigenvalue weighted by Gasteiger charge is -2.28. The van der Waals surface area contributed by atoms with Gasteiger partial charge >= 0.3 is 0 Å². The first-order valence-corrected chi connectivity index (χ1v) is 9.48. The summed E-state index contributed by atoms with van der Waals surface area (Å²) < 4.78 is 19.3. The average molecular weight is 366 g/mol. The third-order valence-electron chi connectivity index (χ3n) is 4.85. The van der Waals surface area contributed by atoms with Gasteiger partial charge in [-0.15, -0.1) is 11.3 Å². The van der Waals surface area contributed by atoms with Crippen molar-refractivity contribution in [3.8, 4) is 0 Å². The molecule has 1 saturated heterocycles. The Bertz CT molecular complexity index is 999. The van der Waals surface area contributed by atoms with Crippen molar-refractivity contribution in [2.24, 2.45) is 0 Å². The molecule has 0 bridgehead atoms. The molecule has 3 aromatic rings. The van der Waals surface area contributed by atoms with Crippen molar-refractivity contribution in [1.29, 1.82) is 0 Å². The SMILES string of the molecule is [C-]#[N+]c1c(N2CCOCC2)sc(C)c1Cc1ccc2c(F)cccc2c1. The molecule has 0 radical (unpaired) electrons. The summed E-state index contributed by atoms with van der Waals surface area (Å²) in [5, 5.41) is 2.59. The van der Waals surface area contributed by atoms with Gasteiger partial charge in [-0.3, -0.25) is 0 Å². The number of thiophene rings is 1. The summed E-state index contributed by atoms with van der Waals surface area (Å²) in [6.07, 6.45) is 0.691. The summed E-state index contributed by atoms with van der Waals surface area (Å²) in [6.45, 7) is 12.9. The molecule has 0 spiro atoms. The minimum Gasteiger partial charge on any atom is -0.378 e. The highest BCUT2D eigenvalue weighted by Gasteiger charge is 2.22. The van der Waals surface area contributed by atoms with E-state index in [-0.39, 0.29) is 5.82 Å². The van der Waals surface area contributed by atoms with E-state index in [1.54, 1.807) is 17.4 Å². The number of benzene rings is 2. The van der Waals surface area contributed by atoms with Crippen molar-refractivity contribution in [3.63, 3.8) is 0 Å². The molecule has 3 nitrogen and oxygen atoms in total. The molecule has 2 aromatic carbocycles. The van der Waals surface area contributed by atoms with Crippen LogP contribution in [0.2, 0.25) is 0 Å². The molecule has 0 unspecified atom stereocenters. The summed E-state index contributed by atoms with van der Waals surface area (Å²) >= 11 is 1.69. The lowest BCUT2D eigenvalue weighted by atomic mass is 10.0. The number of nitrogens with zero attached hydrogens (tertiary/aromatic N) is 2. The predicted octanol–water partition coefficient (Wildman–Crippen LogP) is 5.33. The van der Waals surface area contributed by atoms with Crippen LogP contribution in [0.1, 0.15) is 16.0 Å². The van der Waals surface area contributed by atoms with Gasteiger partial charge < -0.3 is 9.64 Å². The first-order valence-electron chi connectivity index (χ1n) is 8.67. The first kappa shape index (κ1) is 17.0. The van der Waals surface area contributed by atoms with Gasteiger partial charge in [0.2, 0.25) is 5.69 Å². The molecule has 5 heteroatoms. The highest BCUT2D eigenvalue weighted by Crippen LogP contribution is 2.44. The van der Waals surface area contributed by atoms with Gasteiger partial charge in [-0.25, -0.2) is 9.24 Å². The second-order valence-corrected chi connectivity index (χ2v) is 7.68. The van der Waals surface area contributed by atoms with Crippen LogP contribution >= 0.6 is 11.3 Å². The largest absolute Gasteiger partial charge is 0.378 e. The van der Waals surface area contributed by atoms with Gasteiger partial charge in [-0.1, -0.05) is 30.3 Å². The number of aryl methyl sites for hydroxylation is 1. The van der Waals surface area contributed by atoms with Gasteiger partial charge in [-0.2, -0.15) is 0 Å². The van der Waals surface area contributed by atoms with E-state index < -0.39 is 0 Å². The molecule has 0 amide bonds. The molecule has 0 aliphatic carbocycles. The van der Waals surface area contributed by atoms with Crippen LogP contribution in [0, 0.1) is 19.3 Å². The van der Waals surface area contributed by atoms with Crippen LogP contribution in [-0.2, 0) is 11.2 Å². The lowest BCUT2D eigenvalue weighted by molar-refractivity contribution is 0.123. The Morgan fingerprint density at radius 1 is 1.23 bits per heavy atom. The van der Waals surface area contributed by atoms with Crippen LogP contribution in [0.5, 0.6) is 0 Å². The number of fused-ring (bicyclic) bond motifs is 1. The van der Waals surface area contributed by atoms with E-state index in [0.717, 1.165) is 40.3 Å². The summed E-state index contributed by atoms with van der Waals surface area (Å²) in [5.74, 6) is -0.197. The van der Waals surface area contributed by atoms with Crippen molar-refractivity contribution >= 4 is 32.8 Å². The zero-order chi connectivity index (χ0) is 18.1. The molecular formula is C21H19FN2OS. The van der Waals surface area contributed by atoms with Crippen molar-refractivity contribution in [2.75, 3.05) is 31.2 Å². The van der Waals surface area contributed by atoms with E-state index in [1.165, 1.54) is 10.9 Å². The van der Waals surface area contributed by atoms with Gasteiger partial charge in [-0.05, 0) is 40.8 Å². The fourth-order valence-electron chi connectivity index (χ4n) is 3.46. The normalized spacial score (nSPS) is 14.6. The Morgan fingerprint density at radius 2 is 2.04 bits per heavy atom. The number of hydrogen-bond donors (Lipinski definition) is 0. The van der Waals surface area contributed by atoms with Crippen LogP contribution < -0.4 is 4.90 Å². The second kappa shape index (κ2) is 7.06. The number of rotatable bonds is 3. The van der Waals surface area contributed by atoms with Crippen LogP contribution in [0.4, 0.5) is 15.1 Å². The van der Waals surface area contributed by atoms with Crippen LogP contribution in [0.3, 0.4) is 0 Å². The molecule has 0 saturated carbocycles. The van der Waals surface area contributed by atoms with E-state index in [2.05, 4.69) is 16.7 Å². The molecule has 0 N–H and O–H groups in total. The Kier molecular flexibility index (Phi) is 4.62. The molecule has 2 heterocycles. The molecular weight excluding hydrogens is 347 g/mol. The Morgan fingerprint density at radius 3 is 2.81 bits per heavy atom. The van der Waals surface area contributed by atoms with Gasteiger partial charge in [0.1, 0.15) is 5.82 Å². The van der Waals surface area contributed by atoms with Crippen LogP contribution in [0.15, 0.2) is 36.4 Å². The summed E-state index contributed by atoms with van der Waals surface area (Å²) in [6, 6.07) is 11.0. The second-order valence-electron chi connectivity index (χ2n) is 6.47. The quantitative estimate of drug-likeness (QED) is 0.583. The topological polar surface area (TPSA) is 16.8 Å². The molecule has 1 aliphatic rings. The summed E-state index contributed by atoms with van der Waals surface area (Å²) in [4.78, 5) is 7.29. The minimum atomic E-state index is -0.197. The van der Waals surface area contributed by atoms with Gasteiger partial charge in [0.25, 0.3) is 0 Å². The Hall–Kier alpha value is -2.42. The van der Waals surface area contributed by atoms with Crippen molar-refractivity contribution in [2.45, 2.75) is 13.3 Å². The molecule has 1 aromatic heterocycles. The van der Waals surface area contributed by atoms with E-state index in [1.807, 2.05) is 24.3 Å². The van der Waals surface area contributed by atoms with Crippen molar-refractivity contribution in [1.82, 2.24) is 0 Å². The van der Waals surface area contributed by atoms with E-state index in [0.29, 0.717) is 25.0 Å². The fourth-order valence-corrected chi connectivity index (χ4v) is 4.62. The number of ether oxygens (including phenoxy) is 1. The molecule has 4 rings (SSSR count). The van der Waals surface area contributed by atoms with Crippen LogP contribution in [0.25, 0.3) is 15.6 Å². The standard InChI is InChI=1S/C21H19FN2OS/c1-14-18(20(23-2)21(26-14)24-8-10-25-11-9-24)13-15-6-7-17-16(12-15)4-3-5-19(17)22/h3-7,12H,8-11,13H2,1H3. The minimum absolute atomic E-state index is 0.197. The number of anilines is 1. The summed E-state index contributed by atoms with van der Waals surface area (Å²) in [7, 11) is 0. The monoisotopic (exact) mass is 366 g/mol. The molecule has 0 atom stereocenters. The van der Waals surface area contributed by atoms with E-state index in [9.17, 15) is 4.39 Å². The fraction of sp³-hybridized carbons (Fsp3) is 0.286. The Labute approximate surface area is 156 Å². The van der Waals surface area contributed by atoms with E-state index >= 15 is 0 Å². The van der Waals surface area contributed by atoms with Gasteiger partial charge in [0.15, 0.2) is 0 Å². The number of halogens is 1. The molecule has 132 valence electrons.